The monoisotopic (exact) mass is 906 g/mol. The molecule has 0 radical (unpaired) electrons. The molecule has 0 bridgehead atoms. The molecule has 4 unspecified atom stereocenters. The highest BCUT2D eigenvalue weighted by molar-refractivity contribution is 7.86. The summed E-state index contributed by atoms with van der Waals surface area (Å²) in [4.78, 5) is -1.81. The first kappa shape index (κ1) is 47.6. The fourth-order valence-corrected chi connectivity index (χ4v) is 8.83. The van der Waals surface area contributed by atoms with Gasteiger partial charge < -0.3 is 4.74 Å². The SMILES string of the molecule is O=S(CC(F)(F)F)c1cc(Oc2cc(S(=O)CC(F)(F)F)c(Cl)c(CCCCCS(=O)C(F)(F)F)c2F)c(F)c(CCCCCS(=O)C(F)(F)F)c1Cl. The van der Waals surface area contributed by atoms with Crippen LogP contribution in [0.1, 0.15) is 49.7 Å². The predicted octanol–water partition coefficient (Wildman–Crippen LogP) is 10.4. The molecule has 5 nitrogen and oxygen atoms in total. The lowest BCUT2D eigenvalue weighted by atomic mass is 10.1. The van der Waals surface area contributed by atoms with Gasteiger partial charge in [0.25, 0.3) is 0 Å². The lowest BCUT2D eigenvalue weighted by Gasteiger charge is -2.19. The summed E-state index contributed by atoms with van der Waals surface area (Å²) in [5, 5.41) is -1.65. The molecule has 4 atom stereocenters. The van der Waals surface area contributed by atoms with Gasteiger partial charge in [-0.1, -0.05) is 36.0 Å². The number of hydrogen-bond acceptors (Lipinski definition) is 5. The topological polar surface area (TPSA) is 77.5 Å². The minimum absolute atomic E-state index is 0.153. The van der Waals surface area contributed by atoms with Crippen LogP contribution in [0.25, 0.3) is 0 Å². The van der Waals surface area contributed by atoms with E-state index in [1.165, 1.54) is 0 Å². The second-order valence-corrected chi connectivity index (χ2v) is 17.6. The van der Waals surface area contributed by atoms with Crippen molar-refractivity contribution in [2.45, 2.75) is 84.5 Å². The van der Waals surface area contributed by atoms with E-state index in [0.717, 1.165) is 0 Å². The Morgan fingerprint density at radius 1 is 0.528 bits per heavy atom. The van der Waals surface area contributed by atoms with Crippen molar-refractivity contribution in [2.24, 2.45) is 0 Å². The predicted molar refractivity (Wildman–Crippen MR) is 171 cm³/mol. The molecule has 0 N–H and O–H groups in total. The van der Waals surface area contributed by atoms with Crippen LogP contribution in [0.15, 0.2) is 21.9 Å². The standard InChI is InChI=1S/C28H26Cl2F14O5S4/c29-21-15(7-3-1-5-9-52(47)27(39,40)41)23(31)17(11-19(21)50(45)13-25(33,34)35)49-18-12-20(51(46)14-26(36,37)38)22(30)16(24(18)32)8-4-2-6-10-53(48)28(42,43)44/h11-12H,1-10,13-14H2. The van der Waals surface area contributed by atoms with E-state index in [0.29, 0.717) is 12.1 Å². The van der Waals surface area contributed by atoms with Gasteiger partial charge in [-0.15, -0.1) is 0 Å². The quantitative estimate of drug-likeness (QED) is 0.110. The van der Waals surface area contributed by atoms with Crippen LogP contribution in [0, 0.1) is 11.6 Å². The molecule has 2 aromatic carbocycles. The molecule has 53 heavy (non-hydrogen) atoms. The molecule has 25 heteroatoms. The van der Waals surface area contributed by atoms with Gasteiger partial charge in [-0.2, -0.15) is 52.7 Å². The molecule has 0 aliphatic heterocycles. The summed E-state index contributed by atoms with van der Waals surface area (Å²) in [5.41, 5.74) is -11.4. The summed E-state index contributed by atoms with van der Waals surface area (Å²) < 4.78 is 239. The smallest absolute Gasteiger partial charge is 0.451 e. The fraction of sp³-hybridized carbons (Fsp3) is 0.571. The average molecular weight is 908 g/mol. The van der Waals surface area contributed by atoms with E-state index in [4.69, 9.17) is 27.9 Å². The van der Waals surface area contributed by atoms with Gasteiger partial charge in [0, 0.05) is 34.8 Å². The van der Waals surface area contributed by atoms with E-state index in [2.05, 4.69) is 0 Å². The number of benzene rings is 2. The van der Waals surface area contributed by atoms with Crippen molar-refractivity contribution in [1.82, 2.24) is 0 Å². The first-order valence-electron chi connectivity index (χ1n) is 14.6. The Balaban J connectivity index is 2.58. The van der Waals surface area contributed by atoms with E-state index in [1.807, 2.05) is 0 Å². The zero-order valence-electron chi connectivity index (χ0n) is 26.4. The minimum atomic E-state index is -5.08. The molecule has 2 rings (SSSR count). The van der Waals surface area contributed by atoms with Crippen molar-refractivity contribution in [1.29, 1.82) is 0 Å². The zero-order valence-corrected chi connectivity index (χ0v) is 31.1. The molecule has 0 aromatic heterocycles. The van der Waals surface area contributed by atoms with E-state index >= 15 is 8.78 Å². The lowest BCUT2D eigenvalue weighted by Crippen LogP contribution is -2.19. The number of unbranched alkanes of at least 4 members (excludes halogenated alkanes) is 4. The van der Waals surface area contributed by atoms with Crippen LogP contribution >= 0.6 is 23.2 Å². The second-order valence-electron chi connectivity index (χ2n) is 10.9. The largest absolute Gasteiger partial charge is 0.471 e. The summed E-state index contributed by atoms with van der Waals surface area (Å²) >= 11 is 12.2. The number of rotatable bonds is 18. The maximum atomic E-state index is 15.8. The van der Waals surface area contributed by atoms with Crippen molar-refractivity contribution >= 4 is 66.4 Å². The van der Waals surface area contributed by atoms with Gasteiger partial charge in [-0.3, -0.25) is 16.8 Å². The molecular weight excluding hydrogens is 881 g/mol. The Hall–Kier alpha value is -1.56. The summed E-state index contributed by atoms with van der Waals surface area (Å²) in [6.45, 7) is 0. The maximum absolute atomic E-state index is 15.8. The van der Waals surface area contributed by atoms with Gasteiger partial charge in [0.05, 0.1) is 41.4 Å². The van der Waals surface area contributed by atoms with Crippen LogP contribution < -0.4 is 4.74 Å². The third kappa shape index (κ3) is 15.1. The molecule has 304 valence electrons. The molecule has 0 aliphatic carbocycles. The van der Waals surface area contributed by atoms with Crippen LogP contribution in [0.3, 0.4) is 0 Å². The van der Waals surface area contributed by atoms with E-state index in [-0.39, 0.29) is 38.5 Å². The highest BCUT2D eigenvalue weighted by Crippen LogP contribution is 2.41. The van der Waals surface area contributed by atoms with Crippen LogP contribution in [0.5, 0.6) is 11.5 Å². The van der Waals surface area contributed by atoms with Gasteiger partial charge in [0.15, 0.2) is 23.1 Å². The van der Waals surface area contributed by atoms with Crippen molar-refractivity contribution in [2.75, 3.05) is 23.0 Å². The van der Waals surface area contributed by atoms with Gasteiger partial charge in [-0.05, 0) is 38.5 Å². The number of hydrogen-bond donors (Lipinski definition) is 0. The van der Waals surface area contributed by atoms with Crippen LogP contribution in [0.4, 0.5) is 61.5 Å². The first-order valence-corrected chi connectivity index (χ1v) is 20.7. The highest BCUT2D eigenvalue weighted by Gasteiger charge is 2.38. The Bertz CT molecular complexity index is 1580. The summed E-state index contributed by atoms with van der Waals surface area (Å²) in [6, 6.07) is 0.771. The lowest BCUT2D eigenvalue weighted by molar-refractivity contribution is -0.106. The molecular formula is C28H26Cl2F14O5S4. The molecule has 0 saturated carbocycles. The number of alkyl halides is 12. The van der Waals surface area contributed by atoms with Crippen molar-refractivity contribution in [3.05, 3.63) is 44.9 Å². The fourth-order valence-electron chi connectivity index (χ4n) is 4.42. The third-order valence-corrected chi connectivity index (χ3v) is 13.0. The van der Waals surface area contributed by atoms with Crippen LogP contribution in [-0.4, -0.2) is 63.2 Å². The summed E-state index contributed by atoms with van der Waals surface area (Å²) in [7, 11) is -12.6. The number of ether oxygens (including phenoxy) is 1. The van der Waals surface area contributed by atoms with Crippen molar-refractivity contribution in [3.63, 3.8) is 0 Å². The molecule has 0 spiro atoms. The molecule has 0 fully saturated rings. The highest BCUT2D eigenvalue weighted by atomic mass is 35.5. The summed E-state index contributed by atoms with van der Waals surface area (Å²) in [5.74, 6) is -11.1. The zero-order chi connectivity index (χ0) is 40.7. The molecule has 0 aliphatic rings. The second kappa shape index (κ2) is 19.5. The van der Waals surface area contributed by atoms with E-state index in [1.54, 1.807) is 0 Å². The molecule has 0 saturated heterocycles. The van der Waals surface area contributed by atoms with Crippen molar-refractivity contribution in [3.8, 4) is 11.5 Å². The molecule has 2 aromatic rings. The van der Waals surface area contributed by atoms with Gasteiger partial charge in [0.2, 0.25) is 0 Å². The Labute approximate surface area is 312 Å². The van der Waals surface area contributed by atoms with Crippen LogP contribution in [-0.2, 0) is 56.0 Å². The molecule has 0 amide bonds. The Morgan fingerprint density at radius 2 is 0.849 bits per heavy atom. The Morgan fingerprint density at radius 3 is 1.13 bits per heavy atom. The summed E-state index contributed by atoms with van der Waals surface area (Å²) in [6.07, 6.45) is -12.6. The minimum Gasteiger partial charge on any atom is -0.451 e. The Kier molecular flexibility index (Phi) is 17.5. The van der Waals surface area contributed by atoms with Gasteiger partial charge in [-0.25, -0.2) is 8.78 Å². The number of halogens is 16. The van der Waals surface area contributed by atoms with E-state index < -0.39 is 157 Å². The van der Waals surface area contributed by atoms with Gasteiger partial charge in [0.1, 0.15) is 33.1 Å². The average Bonchev–Trinajstić information content (AvgIpc) is 2.99. The normalized spacial score (nSPS) is 15.3. The van der Waals surface area contributed by atoms with Gasteiger partial charge >= 0.3 is 23.4 Å². The third-order valence-electron chi connectivity index (χ3n) is 6.78. The van der Waals surface area contributed by atoms with Crippen molar-refractivity contribution < 1.29 is 83.0 Å². The van der Waals surface area contributed by atoms with E-state index in [9.17, 15) is 69.5 Å². The maximum Gasteiger partial charge on any atom is 0.471 e. The molecule has 0 heterocycles. The first-order chi connectivity index (χ1) is 24.1. The van der Waals surface area contributed by atoms with Crippen LogP contribution in [0.2, 0.25) is 10.0 Å².